The number of likely N-dealkylation sites (tertiary alicyclic amines) is 1. The third kappa shape index (κ3) is 7.85. The summed E-state index contributed by atoms with van der Waals surface area (Å²) in [5.41, 5.74) is 0.953. The summed E-state index contributed by atoms with van der Waals surface area (Å²) < 4.78 is 28.7. The van der Waals surface area contributed by atoms with Crippen LogP contribution >= 0.6 is 23.2 Å². The summed E-state index contributed by atoms with van der Waals surface area (Å²) in [5, 5.41) is 34.3. The monoisotopic (exact) mass is 728 g/mol. The van der Waals surface area contributed by atoms with Crippen LogP contribution in [0.1, 0.15) is 40.7 Å². The number of nitrogens with zero attached hydrogens (tertiary/aromatic N) is 4. The standard InChI is InChI=1S/C32H30Cl2N6O8S/c33-23-15-36-16-24(34)28(23)30(42)37-20-8-6-18(7-9-20)12-25(31(43)44)38-29(41)27-13-21(39-10-2-5-26(39)32(45)46)17-40(27)49(47,48)22-4-1-3-19(11-22)14-35/h1,3-4,6-9,11,15-16,21,25-27H,2,5,10,12-13,17H2,(H,37,42)(H,38,41)(H,43,44)(H,45,46)/t21-,25+,26-,27?/m1/s1. The van der Waals surface area contributed by atoms with E-state index < -0.39 is 57.9 Å². The Hall–Kier alpha value is -4.59. The van der Waals surface area contributed by atoms with Crippen LogP contribution in [-0.4, -0.2) is 93.8 Å². The van der Waals surface area contributed by atoms with Gasteiger partial charge in [-0.2, -0.15) is 9.57 Å². The highest BCUT2D eigenvalue weighted by molar-refractivity contribution is 7.89. The molecule has 2 saturated heterocycles. The Bertz CT molecular complexity index is 1920. The van der Waals surface area contributed by atoms with E-state index in [2.05, 4.69) is 15.6 Å². The first-order valence-electron chi connectivity index (χ1n) is 15.0. The third-order valence-corrected chi connectivity index (χ3v) is 10.9. The molecular formula is C32H30Cl2N6O8S. The molecule has 3 aromatic rings. The van der Waals surface area contributed by atoms with Crippen molar-refractivity contribution in [2.75, 3.05) is 18.4 Å². The fourth-order valence-corrected chi connectivity index (χ4v) is 8.35. The summed E-state index contributed by atoms with van der Waals surface area (Å²) in [6, 6.07) is 9.04. The first-order chi connectivity index (χ1) is 23.3. The number of anilines is 1. The number of amides is 2. The number of aromatic nitrogens is 1. The van der Waals surface area contributed by atoms with Gasteiger partial charge in [-0.1, -0.05) is 41.4 Å². The van der Waals surface area contributed by atoms with Crippen molar-refractivity contribution in [3.05, 3.63) is 87.7 Å². The van der Waals surface area contributed by atoms with Gasteiger partial charge in [-0.05, 0) is 61.7 Å². The van der Waals surface area contributed by atoms with Gasteiger partial charge in [-0.3, -0.25) is 24.3 Å². The van der Waals surface area contributed by atoms with Crippen LogP contribution < -0.4 is 10.6 Å². The molecule has 0 aliphatic carbocycles. The van der Waals surface area contributed by atoms with E-state index in [-0.39, 0.29) is 45.5 Å². The molecule has 4 atom stereocenters. The van der Waals surface area contributed by atoms with Gasteiger partial charge in [-0.25, -0.2) is 13.2 Å². The van der Waals surface area contributed by atoms with Crippen LogP contribution in [0.15, 0.2) is 65.8 Å². The van der Waals surface area contributed by atoms with Crippen LogP contribution in [0.25, 0.3) is 0 Å². The minimum Gasteiger partial charge on any atom is -0.480 e. The predicted molar refractivity (Wildman–Crippen MR) is 177 cm³/mol. The first kappa shape index (κ1) is 35.7. The van der Waals surface area contributed by atoms with Crippen LogP contribution in [0.3, 0.4) is 0 Å². The minimum atomic E-state index is -4.38. The lowest BCUT2D eigenvalue weighted by Crippen LogP contribution is -2.51. The fourth-order valence-electron chi connectivity index (χ4n) is 6.13. The molecule has 3 heterocycles. The number of carboxylic acid groups (broad SMARTS) is 2. The van der Waals surface area contributed by atoms with Gasteiger partial charge in [0.1, 0.15) is 18.1 Å². The molecule has 2 fully saturated rings. The van der Waals surface area contributed by atoms with E-state index in [1.54, 1.807) is 17.0 Å². The Labute approximate surface area is 291 Å². The summed E-state index contributed by atoms with van der Waals surface area (Å²) in [4.78, 5) is 56.0. The zero-order chi connectivity index (χ0) is 35.5. The van der Waals surface area contributed by atoms with Crippen molar-refractivity contribution in [1.82, 2.24) is 19.5 Å². The van der Waals surface area contributed by atoms with Crippen LogP contribution in [0.2, 0.25) is 10.0 Å². The number of nitrogens with one attached hydrogen (secondary N) is 2. The number of rotatable bonds is 11. The van der Waals surface area contributed by atoms with E-state index >= 15 is 0 Å². The molecule has 14 nitrogen and oxygen atoms in total. The van der Waals surface area contributed by atoms with Crippen molar-refractivity contribution in [2.24, 2.45) is 0 Å². The van der Waals surface area contributed by atoms with E-state index in [0.717, 1.165) is 4.31 Å². The maximum absolute atomic E-state index is 13.9. The number of sulfonamides is 1. The number of hydrogen-bond donors (Lipinski definition) is 4. The molecule has 0 saturated carbocycles. The quantitative estimate of drug-likeness (QED) is 0.225. The van der Waals surface area contributed by atoms with Crippen LogP contribution in [0, 0.1) is 11.3 Å². The molecule has 2 aliphatic heterocycles. The van der Waals surface area contributed by atoms with Crippen molar-refractivity contribution in [1.29, 1.82) is 5.26 Å². The maximum atomic E-state index is 13.9. The number of hydrogen-bond acceptors (Lipinski definition) is 9. The number of aliphatic carboxylic acids is 2. The largest absolute Gasteiger partial charge is 0.480 e. The number of benzene rings is 2. The highest BCUT2D eigenvalue weighted by Gasteiger charge is 2.49. The van der Waals surface area contributed by atoms with Gasteiger partial charge in [0.2, 0.25) is 15.9 Å². The van der Waals surface area contributed by atoms with E-state index in [9.17, 15) is 43.1 Å². The minimum absolute atomic E-state index is 0.0299. The average Bonchev–Trinajstić information content (AvgIpc) is 3.74. The maximum Gasteiger partial charge on any atom is 0.326 e. The number of carbonyl (C=O) groups excluding carboxylic acids is 2. The summed E-state index contributed by atoms with van der Waals surface area (Å²) >= 11 is 12.1. The Balaban J connectivity index is 1.34. The molecule has 1 unspecified atom stereocenters. The lowest BCUT2D eigenvalue weighted by molar-refractivity contribution is -0.143. The van der Waals surface area contributed by atoms with Gasteiger partial charge in [0.05, 0.1) is 32.1 Å². The smallest absolute Gasteiger partial charge is 0.326 e. The Kier molecular flexibility index (Phi) is 10.9. The SMILES string of the molecule is N#Cc1cccc(S(=O)(=O)N2C[C@H](N3CCC[C@@H]3C(=O)O)CC2C(=O)N[C@@H](Cc2ccc(NC(=O)c3c(Cl)cncc3Cl)cc2)C(=O)O)c1. The molecule has 0 bridgehead atoms. The second-order valence-corrected chi connectivity index (χ2v) is 14.3. The Morgan fingerprint density at radius 2 is 1.73 bits per heavy atom. The molecule has 17 heteroatoms. The topological polar surface area (TPSA) is 210 Å². The van der Waals surface area contributed by atoms with Crippen LogP contribution in [0.5, 0.6) is 0 Å². The average molecular weight is 730 g/mol. The molecule has 256 valence electrons. The van der Waals surface area contributed by atoms with Crippen molar-refractivity contribution in [2.45, 2.75) is 54.7 Å². The summed E-state index contributed by atoms with van der Waals surface area (Å²) in [5.74, 6) is -3.87. The van der Waals surface area contributed by atoms with Gasteiger partial charge in [0.25, 0.3) is 5.91 Å². The van der Waals surface area contributed by atoms with Gasteiger partial charge in [0, 0.05) is 37.1 Å². The molecule has 49 heavy (non-hydrogen) atoms. The molecule has 2 amide bonds. The number of nitriles is 1. The normalized spacial score (nSPS) is 20.3. The zero-order valence-electron chi connectivity index (χ0n) is 25.6. The molecule has 0 radical (unpaired) electrons. The van der Waals surface area contributed by atoms with Crippen molar-refractivity contribution in [3.63, 3.8) is 0 Å². The number of carbonyl (C=O) groups is 4. The molecule has 2 aromatic carbocycles. The van der Waals surface area contributed by atoms with Crippen molar-refractivity contribution >= 4 is 62.7 Å². The van der Waals surface area contributed by atoms with E-state index in [1.165, 1.54) is 48.8 Å². The van der Waals surface area contributed by atoms with Crippen molar-refractivity contribution in [3.8, 4) is 6.07 Å². The lowest BCUT2D eigenvalue weighted by Gasteiger charge is -2.27. The van der Waals surface area contributed by atoms with E-state index in [1.807, 2.05) is 6.07 Å². The van der Waals surface area contributed by atoms with Gasteiger partial charge in [0.15, 0.2) is 0 Å². The molecule has 0 spiro atoms. The van der Waals surface area contributed by atoms with Crippen LogP contribution in [-0.2, 0) is 30.8 Å². The number of carboxylic acids is 2. The molecule has 4 N–H and O–H groups in total. The highest BCUT2D eigenvalue weighted by atomic mass is 35.5. The third-order valence-electron chi connectivity index (χ3n) is 8.50. The number of pyridine rings is 1. The highest BCUT2D eigenvalue weighted by Crippen LogP contribution is 2.33. The Morgan fingerprint density at radius 1 is 1.04 bits per heavy atom. The molecule has 5 rings (SSSR count). The second kappa shape index (κ2) is 14.9. The summed E-state index contributed by atoms with van der Waals surface area (Å²) in [7, 11) is -4.38. The van der Waals surface area contributed by atoms with Gasteiger partial charge < -0.3 is 20.8 Å². The van der Waals surface area contributed by atoms with Crippen LogP contribution in [0.4, 0.5) is 5.69 Å². The predicted octanol–water partition coefficient (Wildman–Crippen LogP) is 3.01. The molecule has 2 aliphatic rings. The van der Waals surface area contributed by atoms with E-state index in [0.29, 0.717) is 30.6 Å². The molecular weight excluding hydrogens is 699 g/mol. The molecule has 1 aromatic heterocycles. The summed E-state index contributed by atoms with van der Waals surface area (Å²) in [6.45, 7) is 0.187. The lowest BCUT2D eigenvalue weighted by atomic mass is 10.0. The van der Waals surface area contributed by atoms with E-state index in [4.69, 9.17) is 23.2 Å². The summed E-state index contributed by atoms with van der Waals surface area (Å²) in [6.07, 6.45) is 3.25. The van der Waals surface area contributed by atoms with Gasteiger partial charge in [-0.15, -0.1) is 0 Å². The van der Waals surface area contributed by atoms with Gasteiger partial charge >= 0.3 is 11.9 Å². The fraction of sp³-hybridized carbons (Fsp3) is 0.312. The number of halogens is 2. The Morgan fingerprint density at radius 3 is 2.37 bits per heavy atom. The van der Waals surface area contributed by atoms with Crippen molar-refractivity contribution < 1.29 is 37.8 Å². The first-order valence-corrected chi connectivity index (χ1v) is 17.2. The second-order valence-electron chi connectivity index (χ2n) is 11.6. The zero-order valence-corrected chi connectivity index (χ0v) is 28.0.